The van der Waals surface area contributed by atoms with Crippen LogP contribution in [0.3, 0.4) is 0 Å². The van der Waals surface area contributed by atoms with Gasteiger partial charge in [0.15, 0.2) is 0 Å². The molecule has 0 radical (unpaired) electrons. The van der Waals surface area contributed by atoms with Gasteiger partial charge in [-0.3, -0.25) is 0 Å². The lowest BCUT2D eigenvalue weighted by Crippen LogP contribution is -2.38. The molecule has 1 saturated carbocycles. The fourth-order valence-corrected chi connectivity index (χ4v) is 2.18. The van der Waals surface area contributed by atoms with E-state index in [-0.39, 0.29) is 0 Å². The second-order valence-corrected chi connectivity index (χ2v) is 4.75. The normalized spacial score (nSPS) is 16.4. The van der Waals surface area contributed by atoms with Crippen molar-refractivity contribution in [1.29, 1.82) is 0 Å². The molecule has 18 heavy (non-hydrogen) atoms. The average molecular weight is 250 g/mol. The van der Waals surface area contributed by atoms with Gasteiger partial charge in [0.1, 0.15) is 5.82 Å². The maximum absolute atomic E-state index is 5.20. The van der Waals surface area contributed by atoms with Crippen molar-refractivity contribution in [3.63, 3.8) is 0 Å². The molecule has 1 aromatic heterocycles. The average Bonchev–Trinajstić information content (AvgIpc) is 3.23. The van der Waals surface area contributed by atoms with Crippen molar-refractivity contribution in [3.8, 4) is 0 Å². The fourth-order valence-electron chi connectivity index (χ4n) is 2.18. The van der Waals surface area contributed by atoms with Gasteiger partial charge in [-0.1, -0.05) is 0 Å². The SMILES string of the molecule is CNc1nccc(N(CCOC)C(C)C2CC2)n1. The Morgan fingerprint density at radius 2 is 2.33 bits per heavy atom. The summed E-state index contributed by atoms with van der Waals surface area (Å²) in [5.74, 6) is 2.44. The topological polar surface area (TPSA) is 50.3 Å². The summed E-state index contributed by atoms with van der Waals surface area (Å²) in [6.45, 7) is 3.86. The summed E-state index contributed by atoms with van der Waals surface area (Å²) in [6.07, 6.45) is 4.46. The van der Waals surface area contributed by atoms with Crippen molar-refractivity contribution in [2.24, 2.45) is 5.92 Å². The second-order valence-electron chi connectivity index (χ2n) is 4.75. The molecule has 0 amide bonds. The van der Waals surface area contributed by atoms with Crippen molar-refractivity contribution in [2.75, 3.05) is 37.5 Å². The molecule has 5 nitrogen and oxygen atoms in total. The van der Waals surface area contributed by atoms with Gasteiger partial charge in [0.05, 0.1) is 6.61 Å². The first-order chi connectivity index (χ1) is 8.76. The Morgan fingerprint density at radius 1 is 1.56 bits per heavy atom. The molecule has 5 heteroatoms. The zero-order chi connectivity index (χ0) is 13.0. The highest BCUT2D eigenvalue weighted by Crippen LogP contribution is 2.36. The Balaban J connectivity index is 2.14. The van der Waals surface area contributed by atoms with Crippen LogP contribution in [-0.4, -0.2) is 43.3 Å². The van der Waals surface area contributed by atoms with E-state index in [1.807, 2.05) is 13.1 Å². The van der Waals surface area contributed by atoms with Gasteiger partial charge in [-0.2, -0.15) is 4.98 Å². The number of anilines is 2. The number of methoxy groups -OCH3 is 1. The third kappa shape index (κ3) is 3.10. The maximum Gasteiger partial charge on any atom is 0.224 e. The first-order valence-corrected chi connectivity index (χ1v) is 6.52. The number of nitrogens with one attached hydrogen (secondary N) is 1. The van der Waals surface area contributed by atoms with E-state index in [1.165, 1.54) is 12.8 Å². The van der Waals surface area contributed by atoms with E-state index in [0.717, 1.165) is 24.9 Å². The number of aromatic nitrogens is 2. The van der Waals surface area contributed by atoms with Crippen LogP contribution in [0.5, 0.6) is 0 Å². The quantitative estimate of drug-likeness (QED) is 0.799. The third-order valence-corrected chi connectivity index (χ3v) is 3.49. The first-order valence-electron chi connectivity index (χ1n) is 6.52. The largest absolute Gasteiger partial charge is 0.383 e. The summed E-state index contributed by atoms with van der Waals surface area (Å²) in [4.78, 5) is 11.0. The highest BCUT2D eigenvalue weighted by atomic mass is 16.5. The molecule has 1 N–H and O–H groups in total. The van der Waals surface area contributed by atoms with E-state index < -0.39 is 0 Å². The van der Waals surface area contributed by atoms with Crippen LogP contribution in [-0.2, 0) is 4.74 Å². The second kappa shape index (κ2) is 6.00. The lowest BCUT2D eigenvalue weighted by molar-refractivity contribution is 0.202. The summed E-state index contributed by atoms with van der Waals surface area (Å²) in [5, 5.41) is 2.98. The molecule has 1 aromatic rings. The van der Waals surface area contributed by atoms with Crippen molar-refractivity contribution in [3.05, 3.63) is 12.3 Å². The molecule has 0 aromatic carbocycles. The number of hydrogen-bond acceptors (Lipinski definition) is 5. The van der Waals surface area contributed by atoms with E-state index in [9.17, 15) is 0 Å². The number of ether oxygens (including phenoxy) is 1. The van der Waals surface area contributed by atoms with Crippen LogP contribution < -0.4 is 10.2 Å². The minimum Gasteiger partial charge on any atom is -0.383 e. The van der Waals surface area contributed by atoms with Gasteiger partial charge in [-0.25, -0.2) is 4.98 Å². The molecule has 1 atom stereocenters. The molecular formula is C13H22N4O. The minimum absolute atomic E-state index is 0.514. The predicted octanol–water partition coefficient (Wildman–Crippen LogP) is 1.77. The molecule has 0 aliphatic heterocycles. The summed E-state index contributed by atoms with van der Waals surface area (Å²) in [6, 6.07) is 2.48. The van der Waals surface area contributed by atoms with Gasteiger partial charge in [-0.15, -0.1) is 0 Å². The van der Waals surface area contributed by atoms with Crippen molar-refractivity contribution < 1.29 is 4.74 Å². The van der Waals surface area contributed by atoms with E-state index in [4.69, 9.17) is 4.74 Å². The van der Waals surface area contributed by atoms with Crippen molar-refractivity contribution in [2.45, 2.75) is 25.8 Å². The molecule has 1 aliphatic rings. The van der Waals surface area contributed by atoms with Crippen LogP contribution >= 0.6 is 0 Å². The van der Waals surface area contributed by atoms with Gasteiger partial charge in [-0.05, 0) is 31.7 Å². The molecule has 0 spiro atoms. The van der Waals surface area contributed by atoms with Gasteiger partial charge in [0.25, 0.3) is 0 Å². The Bertz CT molecular complexity index is 381. The van der Waals surface area contributed by atoms with E-state index >= 15 is 0 Å². The van der Waals surface area contributed by atoms with Crippen LogP contribution in [0.1, 0.15) is 19.8 Å². The molecule has 2 rings (SSSR count). The Labute approximate surface area is 109 Å². The Kier molecular flexibility index (Phi) is 4.36. The molecule has 1 aliphatic carbocycles. The number of rotatable bonds is 7. The van der Waals surface area contributed by atoms with E-state index in [0.29, 0.717) is 12.0 Å². The van der Waals surface area contributed by atoms with E-state index in [1.54, 1.807) is 13.3 Å². The highest BCUT2D eigenvalue weighted by molar-refractivity contribution is 5.43. The summed E-state index contributed by atoms with van der Waals surface area (Å²) >= 11 is 0. The summed E-state index contributed by atoms with van der Waals surface area (Å²) in [5.41, 5.74) is 0. The Hall–Kier alpha value is -1.36. The van der Waals surface area contributed by atoms with Gasteiger partial charge >= 0.3 is 0 Å². The zero-order valence-electron chi connectivity index (χ0n) is 11.4. The van der Waals surface area contributed by atoms with Crippen LogP contribution in [0.25, 0.3) is 0 Å². The van der Waals surface area contributed by atoms with Gasteiger partial charge < -0.3 is 15.0 Å². The lowest BCUT2D eigenvalue weighted by atomic mass is 10.2. The van der Waals surface area contributed by atoms with Crippen LogP contribution in [0.15, 0.2) is 12.3 Å². The highest BCUT2D eigenvalue weighted by Gasteiger charge is 2.32. The summed E-state index contributed by atoms with van der Waals surface area (Å²) in [7, 11) is 3.57. The maximum atomic E-state index is 5.20. The standard InChI is InChI=1S/C13H22N4O/c1-10(11-4-5-11)17(8-9-18-3)12-6-7-15-13(14-2)16-12/h6-7,10-11H,4-5,8-9H2,1-3H3,(H,14,15,16). The Morgan fingerprint density at radius 3 is 2.94 bits per heavy atom. The molecule has 0 saturated heterocycles. The number of nitrogens with zero attached hydrogens (tertiary/aromatic N) is 3. The van der Waals surface area contributed by atoms with Crippen molar-refractivity contribution >= 4 is 11.8 Å². The molecule has 100 valence electrons. The minimum atomic E-state index is 0.514. The van der Waals surface area contributed by atoms with Crippen LogP contribution in [0, 0.1) is 5.92 Å². The van der Waals surface area contributed by atoms with E-state index in [2.05, 4.69) is 27.1 Å². The summed E-state index contributed by atoms with van der Waals surface area (Å²) < 4.78 is 5.20. The molecule has 1 heterocycles. The monoisotopic (exact) mass is 250 g/mol. The van der Waals surface area contributed by atoms with Crippen LogP contribution in [0.2, 0.25) is 0 Å². The zero-order valence-corrected chi connectivity index (χ0v) is 11.4. The third-order valence-electron chi connectivity index (χ3n) is 3.49. The van der Waals surface area contributed by atoms with Crippen LogP contribution in [0.4, 0.5) is 11.8 Å². The first kappa shape index (κ1) is 13.1. The van der Waals surface area contributed by atoms with Crippen molar-refractivity contribution in [1.82, 2.24) is 9.97 Å². The number of hydrogen-bond donors (Lipinski definition) is 1. The molecule has 0 bridgehead atoms. The lowest BCUT2D eigenvalue weighted by Gasteiger charge is -2.30. The van der Waals surface area contributed by atoms with Gasteiger partial charge in [0, 0.05) is 32.9 Å². The van der Waals surface area contributed by atoms with Gasteiger partial charge in [0.2, 0.25) is 5.95 Å². The fraction of sp³-hybridized carbons (Fsp3) is 0.692. The smallest absolute Gasteiger partial charge is 0.224 e. The predicted molar refractivity (Wildman–Crippen MR) is 73.0 cm³/mol. The molecule has 1 unspecified atom stereocenters. The molecule has 1 fully saturated rings. The molecular weight excluding hydrogens is 228 g/mol.